The number of aryl methyl sites for hydroxylation is 1. The van der Waals surface area contributed by atoms with Crippen LogP contribution < -0.4 is 5.56 Å². The van der Waals surface area contributed by atoms with Crippen LogP contribution >= 0.6 is 0 Å². The summed E-state index contributed by atoms with van der Waals surface area (Å²) in [5, 5.41) is 9.05. The Bertz CT molecular complexity index is 608. The predicted octanol–water partition coefficient (Wildman–Crippen LogP) is 1.41. The Morgan fingerprint density at radius 2 is 2.12 bits per heavy atom. The number of aromatic nitrogens is 2. The molecule has 0 aliphatic rings. The summed E-state index contributed by atoms with van der Waals surface area (Å²) in [4.78, 5) is 15.8. The Kier molecular flexibility index (Phi) is 2.52. The molecule has 0 N–H and O–H groups in total. The van der Waals surface area contributed by atoms with Crippen molar-refractivity contribution >= 4 is 0 Å². The zero-order valence-electron chi connectivity index (χ0n) is 8.71. The van der Waals surface area contributed by atoms with Crippen LogP contribution in [-0.4, -0.2) is 9.55 Å². The normalized spacial score (nSPS) is 9.75. The highest BCUT2D eigenvalue weighted by Crippen LogP contribution is 2.08. The van der Waals surface area contributed by atoms with Gasteiger partial charge in [-0.1, -0.05) is 12.1 Å². The van der Waals surface area contributed by atoms with E-state index in [0.29, 0.717) is 11.5 Å². The van der Waals surface area contributed by atoms with E-state index >= 15 is 0 Å². The fraction of sp³-hybridized carbons (Fsp3) is 0.0833. The van der Waals surface area contributed by atoms with Gasteiger partial charge >= 0.3 is 0 Å². The highest BCUT2D eigenvalue weighted by molar-refractivity contribution is 5.37. The lowest BCUT2D eigenvalue weighted by Crippen LogP contribution is -2.21. The molecule has 0 amide bonds. The van der Waals surface area contributed by atoms with Crippen molar-refractivity contribution < 1.29 is 0 Å². The Morgan fingerprint density at radius 3 is 2.75 bits per heavy atom. The summed E-state index contributed by atoms with van der Waals surface area (Å²) in [6.45, 7) is 1.79. The number of pyridine rings is 2. The van der Waals surface area contributed by atoms with E-state index in [1.807, 2.05) is 6.07 Å². The van der Waals surface area contributed by atoms with Gasteiger partial charge in [-0.25, -0.2) is 4.98 Å². The van der Waals surface area contributed by atoms with Crippen LogP contribution in [0.4, 0.5) is 0 Å². The number of hydrogen-bond donors (Lipinski definition) is 0. The van der Waals surface area contributed by atoms with Crippen molar-refractivity contribution in [3.8, 4) is 11.9 Å². The molecule has 4 nitrogen and oxygen atoms in total. The van der Waals surface area contributed by atoms with Crippen molar-refractivity contribution in [2.75, 3.05) is 0 Å². The SMILES string of the molecule is Cc1ccc(=O)n(-c2ccccn2)c1C#N. The molecule has 0 unspecified atom stereocenters. The minimum Gasteiger partial charge on any atom is -0.269 e. The summed E-state index contributed by atoms with van der Waals surface area (Å²) in [5.41, 5.74) is 0.833. The van der Waals surface area contributed by atoms with Gasteiger partial charge in [-0.05, 0) is 24.6 Å². The number of hydrogen-bond acceptors (Lipinski definition) is 3. The predicted molar refractivity (Wildman–Crippen MR) is 59.3 cm³/mol. The monoisotopic (exact) mass is 211 g/mol. The summed E-state index contributed by atoms with van der Waals surface area (Å²) >= 11 is 0. The van der Waals surface area contributed by atoms with E-state index in [0.717, 1.165) is 5.56 Å². The van der Waals surface area contributed by atoms with Crippen molar-refractivity contribution in [1.82, 2.24) is 9.55 Å². The molecule has 0 aliphatic heterocycles. The van der Waals surface area contributed by atoms with Crippen LogP contribution in [-0.2, 0) is 0 Å². The molecule has 0 aromatic carbocycles. The first-order chi connectivity index (χ1) is 7.74. The lowest BCUT2D eigenvalue weighted by molar-refractivity contribution is 0.910. The standard InChI is InChI=1S/C12H9N3O/c1-9-5-6-12(16)15(10(9)8-13)11-4-2-3-7-14-11/h2-7H,1H3. The summed E-state index contributed by atoms with van der Waals surface area (Å²) in [6, 6.07) is 10.3. The molecule has 0 saturated carbocycles. The number of rotatable bonds is 1. The smallest absolute Gasteiger partial charge is 0.257 e. The van der Waals surface area contributed by atoms with Gasteiger partial charge in [0.05, 0.1) is 0 Å². The molecule has 4 heteroatoms. The van der Waals surface area contributed by atoms with Crippen molar-refractivity contribution in [1.29, 1.82) is 5.26 Å². The maximum Gasteiger partial charge on any atom is 0.257 e. The summed E-state index contributed by atoms with van der Waals surface area (Å²) in [5.74, 6) is 0.466. The van der Waals surface area contributed by atoms with Crippen molar-refractivity contribution in [2.45, 2.75) is 6.92 Å². The lowest BCUT2D eigenvalue weighted by atomic mass is 10.2. The maximum atomic E-state index is 11.7. The number of nitrogens with zero attached hydrogens (tertiary/aromatic N) is 3. The molecule has 0 saturated heterocycles. The van der Waals surface area contributed by atoms with Crippen molar-refractivity contribution in [3.63, 3.8) is 0 Å². The van der Waals surface area contributed by atoms with Crippen molar-refractivity contribution in [2.24, 2.45) is 0 Å². The second kappa shape index (κ2) is 3.99. The van der Waals surface area contributed by atoms with Crippen LogP contribution in [0.5, 0.6) is 0 Å². The fourth-order valence-corrected chi connectivity index (χ4v) is 1.49. The quantitative estimate of drug-likeness (QED) is 0.716. The van der Waals surface area contributed by atoms with Gasteiger partial charge in [0.25, 0.3) is 5.56 Å². The van der Waals surface area contributed by atoms with E-state index in [1.54, 1.807) is 37.4 Å². The van der Waals surface area contributed by atoms with E-state index in [4.69, 9.17) is 5.26 Å². The third-order valence-corrected chi connectivity index (χ3v) is 2.28. The van der Waals surface area contributed by atoms with Crippen LogP contribution in [0.25, 0.3) is 5.82 Å². The second-order valence-electron chi connectivity index (χ2n) is 3.34. The molecule has 0 bridgehead atoms. The van der Waals surface area contributed by atoms with Gasteiger partial charge in [-0.2, -0.15) is 5.26 Å². The van der Waals surface area contributed by atoms with Crippen LogP contribution in [0.3, 0.4) is 0 Å². The molecule has 2 aromatic rings. The van der Waals surface area contributed by atoms with E-state index in [-0.39, 0.29) is 5.56 Å². The van der Waals surface area contributed by atoms with E-state index in [2.05, 4.69) is 4.98 Å². The molecular weight excluding hydrogens is 202 g/mol. The summed E-state index contributed by atoms with van der Waals surface area (Å²) in [6.07, 6.45) is 1.59. The van der Waals surface area contributed by atoms with Crippen LogP contribution in [0.2, 0.25) is 0 Å². The van der Waals surface area contributed by atoms with Crippen molar-refractivity contribution in [3.05, 3.63) is 58.1 Å². The van der Waals surface area contributed by atoms with E-state index in [9.17, 15) is 4.79 Å². The van der Waals surface area contributed by atoms with Gasteiger partial charge in [-0.3, -0.25) is 9.36 Å². The maximum absolute atomic E-state index is 11.7. The second-order valence-corrected chi connectivity index (χ2v) is 3.34. The minimum atomic E-state index is -0.249. The molecule has 16 heavy (non-hydrogen) atoms. The zero-order chi connectivity index (χ0) is 11.5. The largest absolute Gasteiger partial charge is 0.269 e. The van der Waals surface area contributed by atoms with Crippen LogP contribution in [0.15, 0.2) is 41.3 Å². The molecule has 2 heterocycles. The van der Waals surface area contributed by atoms with Gasteiger partial charge in [0.1, 0.15) is 17.6 Å². The Hall–Kier alpha value is -2.41. The molecule has 2 rings (SSSR count). The average Bonchev–Trinajstić information content (AvgIpc) is 2.33. The topological polar surface area (TPSA) is 58.7 Å². The first-order valence-corrected chi connectivity index (χ1v) is 4.78. The highest BCUT2D eigenvalue weighted by Gasteiger charge is 2.08. The van der Waals surface area contributed by atoms with Gasteiger partial charge < -0.3 is 0 Å². The Morgan fingerprint density at radius 1 is 1.31 bits per heavy atom. The molecule has 78 valence electrons. The number of nitriles is 1. The van der Waals surface area contributed by atoms with Gasteiger partial charge in [0.15, 0.2) is 0 Å². The van der Waals surface area contributed by atoms with E-state index in [1.165, 1.54) is 10.6 Å². The first kappa shape index (κ1) is 10.1. The van der Waals surface area contributed by atoms with E-state index < -0.39 is 0 Å². The summed E-state index contributed by atoms with van der Waals surface area (Å²) in [7, 11) is 0. The minimum absolute atomic E-state index is 0.249. The molecule has 0 atom stereocenters. The summed E-state index contributed by atoms with van der Waals surface area (Å²) < 4.78 is 1.31. The van der Waals surface area contributed by atoms with Gasteiger partial charge in [-0.15, -0.1) is 0 Å². The molecule has 0 radical (unpaired) electrons. The third kappa shape index (κ3) is 1.59. The molecule has 0 spiro atoms. The molecular formula is C12H9N3O. The molecule has 0 aliphatic carbocycles. The Balaban J connectivity index is 2.80. The average molecular weight is 211 g/mol. The highest BCUT2D eigenvalue weighted by atomic mass is 16.1. The van der Waals surface area contributed by atoms with Crippen LogP contribution in [0.1, 0.15) is 11.3 Å². The van der Waals surface area contributed by atoms with Gasteiger partial charge in [0, 0.05) is 12.3 Å². The van der Waals surface area contributed by atoms with Crippen LogP contribution in [0, 0.1) is 18.3 Å². The third-order valence-electron chi connectivity index (χ3n) is 2.28. The molecule has 2 aromatic heterocycles. The fourth-order valence-electron chi connectivity index (χ4n) is 1.49. The molecule has 0 fully saturated rings. The first-order valence-electron chi connectivity index (χ1n) is 4.78. The zero-order valence-corrected chi connectivity index (χ0v) is 8.71. The Labute approximate surface area is 92.4 Å². The van der Waals surface area contributed by atoms with Gasteiger partial charge in [0.2, 0.25) is 0 Å². The lowest BCUT2D eigenvalue weighted by Gasteiger charge is -2.08.